The van der Waals surface area contributed by atoms with Gasteiger partial charge in [-0.25, -0.2) is 9.97 Å². The van der Waals surface area contributed by atoms with Gasteiger partial charge in [-0.1, -0.05) is 0 Å². The van der Waals surface area contributed by atoms with Crippen LogP contribution in [0.1, 0.15) is 10.5 Å². The second-order valence-electron chi connectivity index (χ2n) is 2.01. The smallest absolute Gasteiger partial charge is 0.171 e. The lowest BCUT2D eigenvalue weighted by molar-refractivity contribution is 0.112. The molecule has 0 fully saturated rings. The molecule has 0 radical (unpaired) electrons. The first-order valence-electron chi connectivity index (χ1n) is 3.01. The molecule has 54 valence electrons. The molecule has 0 aliphatic heterocycles. The maximum Gasteiger partial charge on any atom is 0.171 e. The zero-order valence-electron chi connectivity index (χ0n) is 5.48. The van der Waals surface area contributed by atoms with Crippen LogP contribution in [0.5, 0.6) is 0 Å². The highest BCUT2D eigenvalue weighted by atomic mass is 16.1. The van der Waals surface area contributed by atoms with Crippen LogP contribution in [0.4, 0.5) is 0 Å². The Morgan fingerprint density at radius 2 is 2.45 bits per heavy atom. The van der Waals surface area contributed by atoms with Crippen LogP contribution in [0.15, 0.2) is 12.5 Å². The molecule has 5 heteroatoms. The molecule has 2 heterocycles. The van der Waals surface area contributed by atoms with Crippen LogP contribution in [-0.2, 0) is 0 Å². The molecule has 0 aliphatic carbocycles. The molecule has 0 saturated carbocycles. The molecule has 0 atom stereocenters. The summed E-state index contributed by atoms with van der Waals surface area (Å²) in [6.45, 7) is 0. The first-order chi connectivity index (χ1) is 5.42. The van der Waals surface area contributed by atoms with E-state index in [0.29, 0.717) is 23.0 Å². The van der Waals surface area contributed by atoms with E-state index in [1.807, 2.05) is 0 Å². The van der Waals surface area contributed by atoms with Crippen LogP contribution in [0.25, 0.3) is 11.0 Å². The van der Waals surface area contributed by atoms with Crippen molar-refractivity contribution >= 4 is 17.3 Å². The van der Waals surface area contributed by atoms with Gasteiger partial charge in [0.1, 0.15) is 12.0 Å². The molecule has 0 aliphatic rings. The summed E-state index contributed by atoms with van der Waals surface area (Å²) in [5.74, 6) is 0. The Labute approximate surface area is 61.5 Å². The van der Waals surface area contributed by atoms with Crippen molar-refractivity contribution < 1.29 is 4.79 Å². The minimum absolute atomic E-state index is 0.348. The summed E-state index contributed by atoms with van der Waals surface area (Å²) >= 11 is 0. The van der Waals surface area contributed by atoms with Crippen LogP contribution in [-0.4, -0.2) is 26.5 Å². The monoisotopic (exact) mass is 148 g/mol. The van der Waals surface area contributed by atoms with Crippen LogP contribution >= 0.6 is 0 Å². The highest BCUT2D eigenvalue weighted by Gasteiger charge is 2.03. The van der Waals surface area contributed by atoms with Crippen molar-refractivity contribution in [3.8, 4) is 0 Å². The maximum atomic E-state index is 10.3. The van der Waals surface area contributed by atoms with Crippen molar-refractivity contribution in [3.05, 3.63) is 18.2 Å². The molecule has 0 bridgehead atoms. The van der Waals surface area contributed by atoms with E-state index < -0.39 is 0 Å². The third-order valence-corrected chi connectivity index (χ3v) is 1.38. The maximum absolute atomic E-state index is 10.3. The average Bonchev–Trinajstić information content (AvgIpc) is 2.47. The van der Waals surface area contributed by atoms with Crippen molar-refractivity contribution in [2.24, 2.45) is 0 Å². The molecular weight excluding hydrogens is 144 g/mol. The van der Waals surface area contributed by atoms with E-state index in [9.17, 15) is 4.79 Å². The Bertz CT molecular complexity index is 394. The van der Waals surface area contributed by atoms with Crippen LogP contribution in [0.2, 0.25) is 0 Å². The van der Waals surface area contributed by atoms with Gasteiger partial charge < -0.3 is 0 Å². The zero-order valence-corrected chi connectivity index (χ0v) is 5.48. The summed E-state index contributed by atoms with van der Waals surface area (Å²) in [6, 6.07) is 0. The van der Waals surface area contributed by atoms with Crippen molar-refractivity contribution in [2.75, 3.05) is 0 Å². The lowest BCUT2D eigenvalue weighted by Gasteiger charge is -1.82. The SMILES string of the molecule is O=Cc1n[nH]c2ncncc12. The number of rotatable bonds is 1. The number of aromatic nitrogens is 4. The predicted molar refractivity (Wildman–Crippen MR) is 37.1 cm³/mol. The van der Waals surface area contributed by atoms with Crippen molar-refractivity contribution in [1.29, 1.82) is 0 Å². The lowest BCUT2D eigenvalue weighted by Crippen LogP contribution is -1.80. The highest BCUT2D eigenvalue weighted by molar-refractivity contribution is 5.92. The second-order valence-corrected chi connectivity index (χ2v) is 2.01. The quantitative estimate of drug-likeness (QED) is 0.585. The van der Waals surface area contributed by atoms with Gasteiger partial charge in [0.15, 0.2) is 11.9 Å². The normalized spacial score (nSPS) is 10.2. The van der Waals surface area contributed by atoms with Gasteiger partial charge in [-0.3, -0.25) is 9.89 Å². The van der Waals surface area contributed by atoms with Gasteiger partial charge in [0.25, 0.3) is 0 Å². The molecule has 0 spiro atoms. The van der Waals surface area contributed by atoms with Gasteiger partial charge in [0.05, 0.1) is 5.39 Å². The van der Waals surface area contributed by atoms with Crippen LogP contribution in [0.3, 0.4) is 0 Å². The fourth-order valence-electron chi connectivity index (χ4n) is 0.869. The first-order valence-corrected chi connectivity index (χ1v) is 3.01. The van der Waals surface area contributed by atoms with E-state index in [1.165, 1.54) is 6.33 Å². The number of aromatic amines is 1. The van der Waals surface area contributed by atoms with E-state index in [0.717, 1.165) is 0 Å². The molecule has 0 unspecified atom stereocenters. The lowest BCUT2D eigenvalue weighted by atomic mass is 10.3. The van der Waals surface area contributed by atoms with Gasteiger partial charge in [0, 0.05) is 6.20 Å². The molecule has 5 nitrogen and oxygen atoms in total. The number of nitrogens with zero attached hydrogens (tertiary/aromatic N) is 3. The molecule has 0 saturated heterocycles. The van der Waals surface area contributed by atoms with Crippen molar-refractivity contribution in [1.82, 2.24) is 20.2 Å². The standard InChI is InChI=1S/C6H4N4O/c11-2-5-4-1-7-3-8-6(4)10-9-5/h1-3H,(H,7,8,9,10). The fourth-order valence-corrected chi connectivity index (χ4v) is 0.869. The minimum Gasteiger partial charge on any atom is -0.296 e. The summed E-state index contributed by atoms with van der Waals surface area (Å²) in [5.41, 5.74) is 0.933. The molecule has 1 N–H and O–H groups in total. The van der Waals surface area contributed by atoms with E-state index >= 15 is 0 Å². The Balaban J connectivity index is 2.86. The number of carbonyl (C=O) groups excluding carboxylic acids is 1. The Morgan fingerprint density at radius 3 is 3.27 bits per heavy atom. The van der Waals surface area contributed by atoms with E-state index in [4.69, 9.17) is 0 Å². The number of carbonyl (C=O) groups is 1. The van der Waals surface area contributed by atoms with Crippen molar-refractivity contribution in [3.63, 3.8) is 0 Å². The molecule has 2 aromatic heterocycles. The summed E-state index contributed by atoms with van der Waals surface area (Å²) in [6.07, 6.45) is 3.62. The van der Waals surface area contributed by atoms with Gasteiger partial charge in [0.2, 0.25) is 0 Å². The Morgan fingerprint density at radius 1 is 1.55 bits per heavy atom. The van der Waals surface area contributed by atoms with Crippen LogP contribution < -0.4 is 0 Å². The summed E-state index contributed by atoms with van der Waals surface area (Å²) < 4.78 is 0. The zero-order chi connectivity index (χ0) is 7.68. The first kappa shape index (κ1) is 5.96. The number of hydrogen-bond acceptors (Lipinski definition) is 4. The van der Waals surface area contributed by atoms with Gasteiger partial charge >= 0.3 is 0 Å². The molecule has 2 rings (SSSR count). The summed E-state index contributed by atoms with van der Waals surface area (Å²) in [5, 5.41) is 6.98. The summed E-state index contributed by atoms with van der Waals surface area (Å²) in [4.78, 5) is 18.0. The number of fused-ring (bicyclic) bond motifs is 1. The number of nitrogens with one attached hydrogen (secondary N) is 1. The predicted octanol–water partition coefficient (Wildman–Crippen LogP) is 0.165. The van der Waals surface area contributed by atoms with E-state index in [-0.39, 0.29) is 0 Å². The number of hydrogen-bond donors (Lipinski definition) is 1. The molecule has 2 aromatic rings. The minimum atomic E-state index is 0.348. The van der Waals surface area contributed by atoms with E-state index in [2.05, 4.69) is 20.2 Å². The molecule has 0 amide bonds. The van der Waals surface area contributed by atoms with E-state index in [1.54, 1.807) is 6.20 Å². The number of aldehydes is 1. The van der Waals surface area contributed by atoms with Gasteiger partial charge in [-0.15, -0.1) is 0 Å². The Kier molecular flexibility index (Phi) is 1.15. The average molecular weight is 148 g/mol. The van der Waals surface area contributed by atoms with Gasteiger partial charge in [-0.2, -0.15) is 5.10 Å². The largest absolute Gasteiger partial charge is 0.296 e. The third-order valence-electron chi connectivity index (χ3n) is 1.38. The topological polar surface area (TPSA) is 71.5 Å². The Hall–Kier alpha value is -1.78. The number of H-pyrrole nitrogens is 1. The van der Waals surface area contributed by atoms with Crippen molar-refractivity contribution in [2.45, 2.75) is 0 Å². The molecule has 0 aromatic carbocycles. The van der Waals surface area contributed by atoms with Gasteiger partial charge in [-0.05, 0) is 0 Å². The van der Waals surface area contributed by atoms with Crippen LogP contribution in [0, 0.1) is 0 Å². The third kappa shape index (κ3) is 0.778. The highest BCUT2D eigenvalue weighted by Crippen LogP contribution is 2.08. The second kappa shape index (κ2) is 2.12. The summed E-state index contributed by atoms with van der Waals surface area (Å²) in [7, 11) is 0. The molecule has 11 heavy (non-hydrogen) atoms. The molecular formula is C6H4N4O. The fraction of sp³-hybridized carbons (Fsp3) is 0.